The van der Waals surface area contributed by atoms with Crippen LogP contribution in [0, 0.1) is 17.3 Å². The van der Waals surface area contributed by atoms with Gasteiger partial charge in [-0.1, -0.05) is 32.9 Å². The molecular weight excluding hydrogens is 212 g/mol. The molecule has 2 nitrogen and oxygen atoms in total. The van der Waals surface area contributed by atoms with Gasteiger partial charge in [0.05, 0.1) is 0 Å². The number of carboxylic acid groups (broad SMARTS) is 1. The lowest BCUT2D eigenvalue weighted by atomic mass is 9.65. The summed E-state index contributed by atoms with van der Waals surface area (Å²) in [6, 6.07) is 0. The third-order valence-corrected chi connectivity index (χ3v) is 4.23. The van der Waals surface area contributed by atoms with E-state index in [-0.39, 0.29) is 5.92 Å². The number of carboxylic acids is 1. The van der Waals surface area contributed by atoms with Crippen LogP contribution >= 0.6 is 0 Å². The van der Waals surface area contributed by atoms with Gasteiger partial charge >= 0.3 is 5.97 Å². The third kappa shape index (κ3) is 4.18. The number of rotatable bonds is 5. The second-order valence-electron chi connectivity index (χ2n) is 6.33. The zero-order valence-electron chi connectivity index (χ0n) is 11.5. The summed E-state index contributed by atoms with van der Waals surface area (Å²) in [4.78, 5) is 10.6. The first-order valence-corrected chi connectivity index (χ1v) is 6.72. The predicted octanol–water partition coefficient (Wildman–Crippen LogP) is 4.26. The lowest BCUT2D eigenvalue weighted by Gasteiger charge is -2.40. The smallest absolute Gasteiger partial charge is 0.303 e. The quantitative estimate of drug-likeness (QED) is 0.727. The van der Waals surface area contributed by atoms with Crippen molar-refractivity contribution in [3.63, 3.8) is 0 Å². The SMILES string of the molecule is C=C1CCCC(C)(C)C1CCC(C)CC(=O)O. The first kappa shape index (κ1) is 14.3. The van der Waals surface area contributed by atoms with E-state index in [1.807, 2.05) is 6.92 Å². The number of aliphatic carboxylic acids is 1. The molecule has 0 saturated heterocycles. The topological polar surface area (TPSA) is 37.3 Å². The molecular formula is C15H26O2. The molecule has 1 saturated carbocycles. The molecule has 0 aromatic rings. The summed E-state index contributed by atoms with van der Waals surface area (Å²) in [5, 5.41) is 8.76. The first-order chi connectivity index (χ1) is 7.83. The summed E-state index contributed by atoms with van der Waals surface area (Å²) in [5.41, 5.74) is 1.72. The highest BCUT2D eigenvalue weighted by Crippen LogP contribution is 2.45. The Morgan fingerprint density at radius 2 is 2.24 bits per heavy atom. The van der Waals surface area contributed by atoms with Gasteiger partial charge in [0.2, 0.25) is 0 Å². The van der Waals surface area contributed by atoms with Gasteiger partial charge in [0.25, 0.3) is 0 Å². The second-order valence-corrected chi connectivity index (χ2v) is 6.33. The largest absolute Gasteiger partial charge is 0.481 e. The van der Waals surface area contributed by atoms with Crippen molar-refractivity contribution < 1.29 is 9.90 Å². The van der Waals surface area contributed by atoms with Gasteiger partial charge in [0.1, 0.15) is 0 Å². The van der Waals surface area contributed by atoms with E-state index in [4.69, 9.17) is 5.11 Å². The molecule has 0 amide bonds. The van der Waals surface area contributed by atoms with Crippen LogP contribution in [0.3, 0.4) is 0 Å². The van der Waals surface area contributed by atoms with Crippen molar-refractivity contribution in [3.05, 3.63) is 12.2 Å². The minimum absolute atomic E-state index is 0.276. The minimum atomic E-state index is -0.681. The molecule has 0 aliphatic heterocycles. The van der Waals surface area contributed by atoms with Gasteiger partial charge in [-0.15, -0.1) is 0 Å². The van der Waals surface area contributed by atoms with Crippen LogP contribution < -0.4 is 0 Å². The van der Waals surface area contributed by atoms with Crippen LogP contribution in [0.4, 0.5) is 0 Å². The third-order valence-electron chi connectivity index (χ3n) is 4.23. The minimum Gasteiger partial charge on any atom is -0.481 e. The van der Waals surface area contributed by atoms with Crippen molar-refractivity contribution in [2.24, 2.45) is 17.3 Å². The van der Waals surface area contributed by atoms with E-state index in [9.17, 15) is 4.79 Å². The molecule has 0 heterocycles. The van der Waals surface area contributed by atoms with Crippen LogP contribution in [-0.4, -0.2) is 11.1 Å². The fraction of sp³-hybridized carbons (Fsp3) is 0.800. The Bertz CT molecular complexity index is 291. The molecule has 2 atom stereocenters. The van der Waals surface area contributed by atoms with Gasteiger partial charge in [0.15, 0.2) is 0 Å². The van der Waals surface area contributed by atoms with E-state index in [1.165, 1.54) is 18.4 Å². The fourth-order valence-corrected chi connectivity index (χ4v) is 3.12. The standard InChI is InChI=1S/C15H26O2/c1-11(10-14(16)17)7-8-13-12(2)6-5-9-15(13,3)4/h11,13H,2,5-10H2,1,3-4H3,(H,16,17). The lowest BCUT2D eigenvalue weighted by molar-refractivity contribution is -0.138. The maximum Gasteiger partial charge on any atom is 0.303 e. The summed E-state index contributed by atoms with van der Waals surface area (Å²) in [6.07, 6.45) is 6.07. The monoisotopic (exact) mass is 238 g/mol. The van der Waals surface area contributed by atoms with E-state index in [0.29, 0.717) is 17.8 Å². The summed E-state index contributed by atoms with van der Waals surface area (Å²) < 4.78 is 0. The van der Waals surface area contributed by atoms with Gasteiger partial charge < -0.3 is 5.11 Å². The molecule has 1 aliphatic carbocycles. The van der Waals surface area contributed by atoms with E-state index in [1.54, 1.807) is 0 Å². The normalized spacial score (nSPS) is 25.6. The molecule has 0 aromatic heterocycles. The van der Waals surface area contributed by atoms with E-state index < -0.39 is 5.97 Å². The van der Waals surface area contributed by atoms with Crippen molar-refractivity contribution in [1.29, 1.82) is 0 Å². The Morgan fingerprint density at radius 1 is 1.59 bits per heavy atom. The average Bonchev–Trinajstić information content (AvgIpc) is 2.14. The molecule has 2 unspecified atom stereocenters. The average molecular weight is 238 g/mol. The molecule has 2 heteroatoms. The number of carbonyl (C=O) groups is 1. The predicted molar refractivity (Wildman–Crippen MR) is 70.9 cm³/mol. The Balaban J connectivity index is 2.48. The van der Waals surface area contributed by atoms with Crippen molar-refractivity contribution in [2.75, 3.05) is 0 Å². The maximum atomic E-state index is 10.6. The van der Waals surface area contributed by atoms with Crippen LogP contribution in [-0.2, 0) is 4.79 Å². The van der Waals surface area contributed by atoms with Crippen molar-refractivity contribution in [3.8, 4) is 0 Å². The van der Waals surface area contributed by atoms with Gasteiger partial charge in [-0.3, -0.25) is 4.79 Å². The van der Waals surface area contributed by atoms with Crippen LogP contribution in [0.1, 0.15) is 59.3 Å². The highest BCUT2D eigenvalue weighted by molar-refractivity contribution is 5.66. The molecule has 0 bridgehead atoms. The molecule has 1 fully saturated rings. The van der Waals surface area contributed by atoms with Crippen molar-refractivity contribution in [2.45, 2.75) is 59.3 Å². The molecule has 0 spiro atoms. The van der Waals surface area contributed by atoms with Crippen molar-refractivity contribution in [1.82, 2.24) is 0 Å². The van der Waals surface area contributed by atoms with Gasteiger partial charge in [-0.2, -0.15) is 0 Å². The zero-order valence-corrected chi connectivity index (χ0v) is 11.5. The Kier molecular flexibility index (Phi) is 4.79. The van der Waals surface area contributed by atoms with Gasteiger partial charge in [-0.05, 0) is 49.4 Å². The summed E-state index contributed by atoms with van der Waals surface area (Å²) in [5.74, 6) is 0.171. The van der Waals surface area contributed by atoms with Gasteiger partial charge in [-0.25, -0.2) is 0 Å². The first-order valence-electron chi connectivity index (χ1n) is 6.72. The molecule has 1 N–H and O–H groups in total. The van der Waals surface area contributed by atoms with Crippen molar-refractivity contribution >= 4 is 5.97 Å². The van der Waals surface area contributed by atoms with Crippen LogP contribution in [0.2, 0.25) is 0 Å². The molecule has 0 radical (unpaired) electrons. The number of hydrogen-bond donors (Lipinski definition) is 1. The molecule has 17 heavy (non-hydrogen) atoms. The molecule has 0 aromatic carbocycles. The second kappa shape index (κ2) is 5.70. The highest BCUT2D eigenvalue weighted by Gasteiger charge is 2.34. The summed E-state index contributed by atoms with van der Waals surface area (Å²) in [6.45, 7) is 10.9. The van der Waals surface area contributed by atoms with E-state index in [2.05, 4.69) is 20.4 Å². The van der Waals surface area contributed by atoms with Crippen LogP contribution in [0.5, 0.6) is 0 Å². The Hall–Kier alpha value is -0.790. The van der Waals surface area contributed by atoms with Crippen LogP contribution in [0.15, 0.2) is 12.2 Å². The number of hydrogen-bond acceptors (Lipinski definition) is 1. The Labute approximate surface area is 105 Å². The molecule has 1 rings (SSSR count). The fourth-order valence-electron chi connectivity index (χ4n) is 3.12. The highest BCUT2D eigenvalue weighted by atomic mass is 16.4. The zero-order chi connectivity index (χ0) is 13.1. The summed E-state index contributed by atoms with van der Waals surface area (Å²) in [7, 11) is 0. The van der Waals surface area contributed by atoms with E-state index >= 15 is 0 Å². The lowest BCUT2D eigenvalue weighted by Crippen LogP contribution is -2.29. The van der Waals surface area contributed by atoms with E-state index in [0.717, 1.165) is 19.3 Å². The maximum absolute atomic E-state index is 10.6. The molecule has 98 valence electrons. The number of allylic oxidation sites excluding steroid dienone is 1. The molecule has 1 aliphatic rings. The van der Waals surface area contributed by atoms with Crippen LogP contribution in [0.25, 0.3) is 0 Å². The Morgan fingerprint density at radius 3 is 2.76 bits per heavy atom. The summed E-state index contributed by atoms with van der Waals surface area (Å²) >= 11 is 0. The van der Waals surface area contributed by atoms with Gasteiger partial charge in [0, 0.05) is 6.42 Å².